The van der Waals surface area contributed by atoms with Crippen LogP contribution >= 0.6 is 11.6 Å². The number of hydrogen-bond acceptors (Lipinski definition) is 3. The molecular weight excluding hydrogens is 400 g/mol. The highest BCUT2D eigenvalue weighted by molar-refractivity contribution is 6.30. The van der Waals surface area contributed by atoms with Gasteiger partial charge in [0, 0.05) is 37.1 Å². The molecule has 1 aliphatic heterocycles. The Kier molecular flexibility index (Phi) is 6.14. The van der Waals surface area contributed by atoms with E-state index in [0.717, 1.165) is 24.1 Å². The Hall–Kier alpha value is -3.12. The Morgan fingerprint density at radius 2 is 1.97 bits per heavy atom. The lowest BCUT2D eigenvalue weighted by Crippen LogP contribution is -2.45. The monoisotopic (exact) mass is 422 g/mol. The van der Waals surface area contributed by atoms with Crippen molar-refractivity contribution in [2.75, 3.05) is 13.1 Å². The summed E-state index contributed by atoms with van der Waals surface area (Å²) < 4.78 is 1.83. The number of rotatable bonds is 5. The van der Waals surface area contributed by atoms with Crippen molar-refractivity contribution in [1.82, 2.24) is 19.8 Å². The molecule has 4 rings (SSSR count). The van der Waals surface area contributed by atoms with Gasteiger partial charge in [-0.1, -0.05) is 23.7 Å². The Morgan fingerprint density at radius 1 is 1.13 bits per heavy atom. The van der Waals surface area contributed by atoms with E-state index in [2.05, 4.69) is 10.3 Å². The number of piperidine rings is 1. The van der Waals surface area contributed by atoms with Crippen molar-refractivity contribution in [3.05, 3.63) is 83.4 Å². The SMILES string of the molecule is O=C(NCc1ccc(Cl)cc1)[C@H]1CCCN(C(=O)c2cccn2-c2cccnc2)C1. The van der Waals surface area contributed by atoms with Crippen LogP contribution in [0.3, 0.4) is 0 Å². The summed E-state index contributed by atoms with van der Waals surface area (Å²) in [5, 5.41) is 3.66. The van der Waals surface area contributed by atoms with E-state index in [1.165, 1.54) is 0 Å². The van der Waals surface area contributed by atoms with Crippen molar-refractivity contribution in [1.29, 1.82) is 0 Å². The number of carbonyl (C=O) groups excluding carboxylic acids is 2. The number of benzene rings is 1. The first-order chi connectivity index (χ1) is 14.6. The van der Waals surface area contributed by atoms with Gasteiger partial charge in [-0.3, -0.25) is 14.6 Å². The molecule has 6 nitrogen and oxygen atoms in total. The molecule has 1 fully saturated rings. The van der Waals surface area contributed by atoms with Crippen LogP contribution in [0, 0.1) is 5.92 Å². The first-order valence-corrected chi connectivity index (χ1v) is 10.4. The van der Waals surface area contributed by atoms with Crippen LogP contribution in [0.15, 0.2) is 67.1 Å². The second-order valence-electron chi connectivity index (χ2n) is 7.41. The van der Waals surface area contributed by atoms with Crippen LogP contribution in [0.4, 0.5) is 0 Å². The lowest BCUT2D eigenvalue weighted by atomic mass is 9.96. The molecule has 154 valence electrons. The molecule has 0 radical (unpaired) electrons. The van der Waals surface area contributed by atoms with Crippen LogP contribution in [-0.4, -0.2) is 39.4 Å². The zero-order chi connectivity index (χ0) is 20.9. The fourth-order valence-corrected chi connectivity index (χ4v) is 3.88. The number of pyridine rings is 1. The van der Waals surface area contributed by atoms with Gasteiger partial charge in [-0.25, -0.2) is 0 Å². The van der Waals surface area contributed by atoms with E-state index in [1.54, 1.807) is 35.5 Å². The quantitative estimate of drug-likeness (QED) is 0.681. The van der Waals surface area contributed by atoms with Gasteiger partial charge in [0.1, 0.15) is 5.69 Å². The third-order valence-electron chi connectivity index (χ3n) is 5.35. The lowest BCUT2D eigenvalue weighted by molar-refractivity contribution is -0.126. The third kappa shape index (κ3) is 4.54. The van der Waals surface area contributed by atoms with Crippen molar-refractivity contribution >= 4 is 23.4 Å². The van der Waals surface area contributed by atoms with Crippen LogP contribution in [-0.2, 0) is 11.3 Å². The number of carbonyl (C=O) groups is 2. The standard InChI is InChI=1S/C23H23ClN4O2/c24-19-9-7-17(8-10-19)14-26-22(29)18-4-2-12-27(16-18)23(30)21-6-3-13-28(21)20-5-1-11-25-15-20/h1,3,5-11,13,15,18H,2,4,12,14,16H2,(H,26,29)/t18-/m0/s1. The Balaban J connectivity index is 1.40. The van der Waals surface area contributed by atoms with Gasteiger partial charge in [-0.05, 0) is 54.8 Å². The highest BCUT2D eigenvalue weighted by Gasteiger charge is 2.30. The second-order valence-corrected chi connectivity index (χ2v) is 7.85. The summed E-state index contributed by atoms with van der Waals surface area (Å²) in [5.41, 5.74) is 2.40. The number of amides is 2. The number of likely N-dealkylation sites (tertiary alicyclic amines) is 1. The molecular formula is C23H23ClN4O2. The summed E-state index contributed by atoms with van der Waals surface area (Å²) in [6, 6.07) is 14.8. The largest absolute Gasteiger partial charge is 0.352 e. The number of nitrogens with one attached hydrogen (secondary N) is 1. The molecule has 0 unspecified atom stereocenters. The average Bonchev–Trinajstić information content (AvgIpc) is 3.28. The Bertz CT molecular complexity index is 1020. The minimum absolute atomic E-state index is 0.0231. The first kappa shape index (κ1) is 20.2. The minimum Gasteiger partial charge on any atom is -0.352 e. The number of nitrogens with zero attached hydrogens (tertiary/aromatic N) is 3. The lowest BCUT2D eigenvalue weighted by Gasteiger charge is -2.32. The summed E-state index contributed by atoms with van der Waals surface area (Å²) in [6.07, 6.45) is 6.86. The summed E-state index contributed by atoms with van der Waals surface area (Å²) in [5.74, 6) is -0.305. The topological polar surface area (TPSA) is 67.2 Å². The molecule has 7 heteroatoms. The molecule has 1 aliphatic rings. The molecule has 2 amide bonds. The van der Waals surface area contributed by atoms with E-state index in [1.807, 2.05) is 41.1 Å². The van der Waals surface area contributed by atoms with Gasteiger partial charge < -0.3 is 14.8 Å². The second kappa shape index (κ2) is 9.13. The minimum atomic E-state index is -0.211. The van der Waals surface area contributed by atoms with Crippen LogP contribution in [0.5, 0.6) is 0 Å². The highest BCUT2D eigenvalue weighted by atomic mass is 35.5. The maximum atomic E-state index is 13.2. The molecule has 1 saturated heterocycles. The molecule has 3 aromatic rings. The van der Waals surface area contributed by atoms with E-state index in [0.29, 0.717) is 30.4 Å². The average molecular weight is 423 g/mol. The maximum absolute atomic E-state index is 13.2. The van der Waals surface area contributed by atoms with Crippen LogP contribution < -0.4 is 5.32 Å². The van der Waals surface area contributed by atoms with Crippen molar-refractivity contribution in [2.24, 2.45) is 5.92 Å². The van der Waals surface area contributed by atoms with Gasteiger partial charge in [-0.2, -0.15) is 0 Å². The Labute approximate surface area is 180 Å². The predicted octanol–water partition coefficient (Wildman–Crippen LogP) is 3.69. The molecule has 3 heterocycles. The molecule has 1 aromatic carbocycles. The molecule has 0 bridgehead atoms. The third-order valence-corrected chi connectivity index (χ3v) is 5.60. The van der Waals surface area contributed by atoms with Gasteiger partial charge in [-0.15, -0.1) is 0 Å². The zero-order valence-electron chi connectivity index (χ0n) is 16.5. The van der Waals surface area contributed by atoms with Crippen molar-refractivity contribution in [3.63, 3.8) is 0 Å². The molecule has 30 heavy (non-hydrogen) atoms. The fraction of sp³-hybridized carbons (Fsp3) is 0.261. The molecule has 0 spiro atoms. The van der Waals surface area contributed by atoms with E-state index in [4.69, 9.17) is 11.6 Å². The van der Waals surface area contributed by atoms with Gasteiger partial charge in [0.15, 0.2) is 0 Å². The fourth-order valence-electron chi connectivity index (χ4n) is 3.75. The number of hydrogen-bond donors (Lipinski definition) is 1. The van der Waals surface area contributed by atoms with Crippen molar-refractivity contribution in [2.45, 2.75) is 19.4 Å². The summed E-state index contributed by atoms with van der Waals surface area (Å²) >= 11 is 5.90. The number of aromatic nitrogens is 2. The molecule has 1 atom stereocenters. The van der Waals surface area contributed by atoms with E-state index >= 15 is 0 Å². The normalized spacial score (nSPS) is 16.3. The van der Waals surface area contributed by atoms with Gasteiger partial charge in [0.2, 0.25) is 5.91 Å². The highest BCUT2D eigenvalue weighted by Crippen LogP contribution is 2.21. The summed E-state index contributed by atoms with van der Waals surface area (Å²) in [7, 11) is 0. The maximum Gasteiger partial charge on any atom is 0.270 e. The van der Waals surface area contributed by atoms with Crippen LogP contribution in [0.1, 0.15) is 28.9 Å². The Morgan fingerprint density at radius 3 is 2.73 bits per heavy atom. The zero-order valence-corrected chi connectivity index (χ0v) is 17.3. The van der Waals surface area contributed by atoms with E-state index in [-0.39, 0.29) is 17.7 Å². The molecule has 0 aliphatic carbocycles. The van der Waals surface area contributed by atoms with Crippen molar-refractivity contribution < 1.29 is 9.59 Å². The van der Waals surface area contributed by atoms with Crippen molar-refractivity contribution in [3.8, 4) is 5.69 Å². The van der Waals surface area contributed by atoms with Gasteiger partial charge >= 0.3 is 0 Å². The van der Waals surface area contributed by atoms with Gasteiger partial charge in [0.25, 0.3) is 5.91 Å². The number of halogens is 1. The van der Waals surface area contributed by atoms with Crippen LogP contribution in [0.25, 0.3) is 5.69 Å². The molecule has 0 saturated carbocycles. The van der Waals surface area contributed by atoms with Crippen LogP contribution in [0.2, 0.25) is 5.02 Å². The molecule has 2 aromatic heterocycles. The predicted molar refractivity (Wildman–Crippen MR) is 115 cm³/mol. The van der Waals surface area contributed by atoms with E-state index < -0.39 is 0 Å². The molecule has 1 N–H and O–H groups in total. The van der Waals surface area contributed by atoms with Gasteiger partial charge in [0.05, 0.1) is 17.8 Å². The smallest absolute Gasteiger partial charge is 0.270 e. The first-order valence-electron chi connectivity index (χ1n) is 10.0. The van der Waals surface area contributed by atoms with E-state index in [9.17, 15) is 9.59 Å². The summed E-state index contributed by atoms with van der Waals surface area (Å²) in [6.45, 7) is 1.52. The summed E-state index contributed by atoms with van der Waals surface area (Å²) in [4.78, 5) is 31.8.